The number of hydrogen-bond acceptors (Lipinski definition) is 4. The molecule has 0 aliphatic heterocycles. The fourth-order valence-corrected chi connectivity index (χ4v) is 1.97. The molecule has 0 radical (unpaired) electrons. The van der Waals surface area contributed by atoms with Crippen LogP contribution in [0.15, 0.2) is 34.9 Å². The number of anilines is 1. The molecule has 0 unspecified atom stereocenters. The van der Waals surface area contributed by atoms with E-state index in [0.29, 0.717) is 0 Å². The fraction of sp³-hybridized carbons (Fsp3) is 0.167. The molecule has 20 heavy (non-hydrogen) atoms. The molecule has 2 aromatic rings. The van der Waals surface area contributed by atoms with Crippen LogP contribution in [0.25, 0.3) is 0 Å². The first-order valence-corrected chi connectivity index (χ1v) is 6.49. The van der Waals surface area contributed by atoms with Gasteiger partial charge in [-0.25, -0.2) is 0 Å². The molecule has 1 aromatic carbocycles. The van der Waals surface area contributed by atoms with Crippen LogP contribution in [0.4, 0.5) is 11.4 Å². The van der Waals surface area contributed by atoms with Crippen LogP contribution >= 0.6 is 15.9 Å². The van der Waals surface area contributed by atoms with Gasteiger partial charge in [0.1, 0.15) is 12.2 Å². The van der Waals surface area contributed by atoms with Crippen molar-refractivity contribution in [2.45, 2.75) is 13.5 Å². The van der Waals surface area contributed by atoms with Gasteiger partial charge in [-0.1, -0.05) is 12.1 Å². The summed E-state index contributed by atoms with van der Waals surface area (Å²) in [4.78, 5) is 22.2. The van der Waals surface area contributed by atoms with E-state index in [-0.39, 0.29) is 23.8 Å². The average molecular weight is 339 g/mol. The van der Waals surface area contributed by atoms with Crippen LogP contribution in [0, 0.1) is 17.0 Å². The highest BCUT2D eigenvalue weighted by Gasteiger charge is 2.15. The third kappa shape index (κ3) is 3.21. The van der Waals surface area contributed by atoms with E-state index in [1.54, 1.807) is 25.3 Å². The second kappa shape index (κ2) is 5.83. The SMILES string of the molecule is Cc1nn(CC(=O)Nc2ccccc2[N+](=O)[O-])cc1Br. The number of aryl methyl sites for hydroxylation is 1. The van der Waals surface area contributed by atoms with Gasteiger partial charge in [0.05, 0.1) is 15.1 Å². The minimum atomic E-state index is -0.537. The van der Waals surface area contributed by atoms with Crippen LogP contribution in [-0.4, -0.2) is 20.6 Å². The van der Waals surface area contributed by atoms with E-state index in [1.165, 1.54) is 16.8 Å². The van der Waals surface area contributed by atoms with Crippen molar-refractivity contribution in [3.05, 3.63) is 50.7 Å². The number of carbonyl (C=O) groups excluding carboxylic acids is 1. The van der Waals surface area contributed by atoms with E-state index in [9.17, 15) is 14.9 Å². The molecule has 1 N–H and O–H groups in total. The van der Waals surface area contributed by atoms with Gasteiger partial charge in [-0.15, -0.1) is 0 Å². The Bertz CT molecular complexity index is 649. The van der Waals surface area contributed by atoms with Gasteiger partial charge < -0.3 is 5.32 Å². The molecule has 0 fully saturated rings. The van der Waals surface area contributed by atoms with Crippen molar-refractivity contribution in [2.75, 3.05) is 5.32 Å². The third-order valence-corrected chi connectivity index (χ3v) is 3.35. The highest BCUT2D eigenvalue weighted by molar-refractivity contribution is 9.10. The number of carbonyl (C=O) groups is 1. The van der Waals surface area contributed by atoms with Gasteiger partial charge >= 0.3 is 0 Å². The lowest BCUT2D eigenvalue weighted by molar-refractivity contribution is -0.383. The molecule has 0 saturated heterocycles. The molecule has 0 atom stereocenters. The quantitative estimate of drug-likeness (QED) is 0.684. The number of amides is 1. The van der Waals surface area contributed by atoms with Gasteiger partial charge in [0.2, 0.25) is 5.91 Å². The summed E-state index contributed by atoms with van der Waals surface area (Å²) in [7, 11) is 0. The summed E-state index contributed by atoms with van der Waals surface area (Å²) in [6.45, 7) is 1.79. The van der Waals surface area contributed by atoms with Crippen LogP contribution < -0.4 is 5.32 Å². The Morgan fingerprint density at radius 3 is 2.80 bits per heavy atom. The standard InChI is InChI=1S/C12H11BrN4O3/c1-8-9(13)6-16(15-8)7-12(18)14-10-4-2-3-5-11(10)17(19)20/h2-6H,7H2,1H3,(H,14,18). The van der Waals surface area contributed by atoms with Crippen LogP contribution in [0.3, 0.4) is 0 Å². The first kappa shape index (κ1) is 14.2. The predicted octanol–water partition coefficient (Wildman–Crippen LogP) is 2.50. The monoisotopic (exact) mass is 338 g/mol. The molecule has 0 aliphatic carbocycles. The molecule has 1 aromatic heterocycles. The second-order valence-electron chi connectivity index (χ2n) is 4.08. The first-order valence-electron chi connectivity index (χ1n) is 5.70. The largest absolute Gasteiger partial charge is 0.319 e. The lowest BCUT2D eigenvalue weighted by Crippen LogP contribution is -2.19. The van der Waals surface area contributed by atoms with E-state index >= 15 is 0 Å². The normalized spacial score (nSPS) is 10.3. The van der Waals surface area contributed by atoms with Gasteiger partial charge in [-0.05, 0) is 28.9 Å². The zero-order valence-electron chi connectivity index (χ0n) is 10.5. The summed E-state index contributed by atoms with van der Waals surface area (Å²) < 4.78 is 2.26. The Kier molecular flexibility index (Phi) is 4.14. The summed E-state index contributed by atoms with van der Waals surface area (Å²) in [6, 6.07) is 5.99. The number of halogens is 1. The Labute approximate surface area is 122 Å². The van der Waals surface area contributed by atoms with Crippen molar-refractivity contribution < 1.29 is 9.72 Å². The van der Waals surface area contributed by atoms with E-state index in [4.69, 9.17) is 0 Å². The molecule has 1 heterocycles. The van der Waals surface area contributed by atoms with Gasteiger partial charge in [-0.3, -0.25) is 19.6 Å². The van der Waals surface area contributed by atoms with E-state index in [0.717, 1.165) is 10.2 Å². The number of nitro benzene ring substituents is 1. The third-order valence-electron chi connectivity index (χ3n) is 2.57. The van der Waals surface area contributed by atoms with Crippen molar-refractivity contribution in [3.8, 4) is 0 Å². The summed E-state index contributed by atoms with van der Waals surface area (Å²) in [5, 5.41) is 17.5. The number of nitrogens with zero attached hydrogens (tertiary/aromatic N) is 3. The zero-order valence-corrected chi connectivity index (χ0v) is 12.1. The fourth-order valence-electron chi connectivity index (χ4n) is 1.65. The van der Waals surface area contributed by atoms with Gasteiger partial charge in [0, 0.05) is 12.3 Å². The number of aromatic nitrogens is 2. The Morgan fingerprint density at radius 2 is 2.20 bits per heavy atom. The number of rotatable bonds is 4. The maximum Gasteiger partial charge on any atom is 0.292 e. The number of hydrogen-bond donors (Lipinski definition) is 1. The van der Waals surface area contributed by atoms with Crippen molar-refractivity contribution in [3.63, 3.8) is 0 Å². The van der Waals surface area contributed by atoms with Crippen LogP contribution in [-0.2, 0) is 11.3 Å². The number of para-hydroxylation sites is 2. The molecule has 104 valence electrons. The van der Waals surface area contributed by atoms with Crippen molar-refractivity contribution in [1.82, 2.24) is 9.78 Å². The average Bonchev–Trinajstić information content (AvgIpc) is 2.68. The van der Waals surface area contributed by atoms with Crippen LogP contribution in [0.5, 0.6) is 0 Å². The maximum atomic E-state index is 11.9. The predicted molar refractivity (Wildman–Crippen MR) is 76.4 cm³/mol. The molecule has 0 saturated carbocycles. The number of nitrogens with one attached hydrogen (secondary N) is 1. The van der Waals surface area contributed by atoms with E-state index in [2.05, 4.69) is 26.3 Å². The summed E-state index contributed by atoms with van der Waals surface area (Å²) in [6.07, 6.45) is 1.67. The number of nitro groups is 1. The Hall–Kier alpha value is -2.22. The van der Waals surface area contributed by atoms with Crippen LogP contribution in [0.2, 0.25) is 0 Å². The van der Waals surface area contributed by atoms with Crippen molar-refractivity contribution in [1.29, 1.82) is 0 Å². The summed E-state index contributed by atoms with van der Waals surface area (Å²) >= 11 is 3.30. The molecule has 0 aliphatic rings. The first-order chi connectivity index (χ1) is 9.47. The lowest BCUT2D eigenvalue weighted by Gasteiger charge is -2.05. The Balaban J connectivity index is 2.10. The van der Waals surface area contributed by atoms with E-state index in [1.807, 2.05) is 0 Å². The molecule has 2 rings (SSSR count). The lowest BCUT2D eigenvalue weighted by atomic mass is 10.2. The summed E-state index contributed by atoms with van der Waals surface area (Å²) in [5.41, 5.74) is 0.799. The van der Waals surface area contributed by atoms with Crippen molar-refractivity contribution >= 4 is 33.2 Å². The highest BCUT2D eigenvalue weighted by Crippen LogP contribution is 2.23. The minimum Gasteiger partial charge on any atom is -0.319 e. The van der Waals surface area contributed by atoms with Gasteiger partial charge in [0.15, 0.2) is 0 Å². The number of benzene rings is 1. The highest BCUT2D eigenvalue weighted by atomic mass is 79.9. The summed E-state index contributed by atoms with van der Waals surface area (Å²) in [5.74, 6) is -0.380. The van der Waals surface area contributed by atoms with Gasteiger partial charge in [0.25, 0.3) is 5.69 Å². The molecule has 1 amide bonds. The van der Waals surface area contributed by atoms with Crippen LogP contribution in [0.1, 0.15) is 5.69 Å². The molecular formula is C12H11BrN4O3. The Morgan fingerprint density at radius 1 is 1.50 bits per heavy atom. The second-order valence-corrected chi connectivity index (χ2v) is 4.94. The molecular weight excluding hydrogens is 328 g/mol. The molecule has 0 spiro atoms. The molecule has 7 nitrogen and oxygen atoms in total. The van der Waals surface area contributed by atoms with E-state index < -0.39 is 4.92 Å². The molecule has 0 bridgehead atoms. The van der Waals surface area contributed by atoms with Crippen molar-refractivity contribution in [2.24, 2.45) is 0 Å². The topological polar surface area (TPSA) is 90.1 Å². The maximum absolute atomic E-state index is 11.9. The smallest absolute Gasteiger partial charge is 0.292 e. The zero-order chi connectivity index (χ0) is 14.7. The minimum absolute atomic E-state index is 0.0154. The molecule has 8 heteroatoms. The van der Waals surface area contributed by atoms with Gasteiger partial charge in [-0.2, -0.15) is 5.10 Å².